The van der Waals surface area contributed by atoms with Crippen LogP contribution in [0.2, 0.25) is 0 Å². The molecule has 2 atom stereocenters. The molecule has 1 aromatic rings. The zero-order valence-corrected chi connectivity index (χ0v) is 12.6. The first kappa shape index (κ1) is 15.0. The lowest BCUT2D eigenvalue weighted by molar-refractivity contribution is 0.149. The minimum absolute atomic E-state index is 0.110. The fourth-order valence-corrected chi connectivity index (χ4v) is 3.01. The number of nitrogens with one attached hydrogen (secondary N) is 1. The van der Waals surface area contributed by atoms with Crippen LogP contribution in [-0.2, 0) is 0 Å². The van der Waals surface area contributed by atoms with Gasteiger partial charge in [-0.15, -0.1) is 0 Å². The third kappa shape index (κ3) is 3.60. The highest BCUT2D eigenvalue weighted by Gasteiger charge is 2.35. The molecule has 20 heavy (non-hydrogen) atoms. The molecule has 2 unspecified atom stereocenters. The molecule has 1 aliphatic carbocycles. The maximum Gasteiger partial charge on any atom is 0.226 e. The van der Waals surface area contributed by atoms with Gasteiger partial charge in [0.1, 0.15) is 0 Å². The highest BCUT2D eigenvalue weighted by atomic mass is 16.5. The molecule has 0 bridgehead atoms. The normalized spacial score (nSPS) is 26.3. The number of anilines is 1. The molecule has 1 saturated carbocycles. The lowest BCUT2D eigenvalue weighted by Crippen LogP contribution is -2.46. The summed E-state index contributed by atoms with van der Waals surface area (Å²) in [6, 6.07) is 1.82. The van der Waals surface area contributed by atoms with Crippen molar-refractivity contribution in [3.05, 3.63) is 11.8 Å². The Morgan fingerprint density at radius 3 is 2.95 bits per heavy atom. The molecule has 5 heteroatoms. The molecule has 1 heterocycles. The third-order valence-corrected chi connectivity index (χ3v) is 3.89. The predicted octanol–water partition coefficient (Wildman–Crippen LogP) is 2.54. The zero-order valence-electron chi connectivity index (χ0n) is 12.6. The summed E-state index contributed by atoms with van der Waals surface area (Å²) in [5.74, 6) is 1.75. The molecule has 0 spiro atoms. The second-order valence-electron chi connectivity index (χ2n) is 5.87. The van der Waals surface area contributed by atoms with Gasteiger partial charge < -0.3 is 15.2 Å². The van der Waals surface area contributed by atoms with Gasteiger partial charge in [-0.05, 0) is 32.6 Å². The second kappa shape index (κ2) is 6.39. The topological polar surface area (TPSA) is 67.3 Å². The van der Waals surface area contributed by atoms with Gasteiger partial charge in [0.2, 0.25) is 11.8 Å². The Bertz CT molecular complexity index is 453. The second-order valence-corrected chi connectivity index (χ2v) is 5.87. The molecule has 0 aliphatic heterocycles. The average molecular weight is 279 g/mol. The van der Waals surface area contributed by atoms with Gasteiger partial charge in [0.15, 0.2) is 0 Å². The van der Waals surface area contributed by atoms with E-state index in [2.05, 4.69) is 22.2 Å². The van der Waals surface area contributed by atoms with E-state index in [4.69, 9.17) is 4.74 Å². The van der Waals surface area contributed by atoms with E-state index in [0.717, 1.165) is 25.0 Å². The van der Waals surface area contributed by atoms with Gasteiger partial charge in [0.25, 0.3) is 0 Å². The Kier molecular flexibility index (Phi) is 4.81. The minimum atomic E-state index is -0.297. The Morgan fingerprint density at radius 2 is 2.30 bits per heavy atom. The van der Waals surface area contributed by atoms with Crippen molar-refractivity contribution in [3.8, 4) is 5.88 Å². The van der Waals surface area contributed by atoms with Crippen LogP contribution in [0.15, 0.2) is 6.07 Å². The molecule has 1 fully saturated rings. The quantitative estimate of drug-likeness (QED) is 0.867. The lowest BCUT2D eigenvalue weighted by Gasteiger charge is -2.39. The number of aromatic nitrogens is 2. The summed E-state index contributed by atoms with van der Waals surface area (Å²) in [4.78, 5) is 8.79. The number of aliphatic hydroxyl groups is 1. The van der Waals surface area contributed by atoms with Gasteiger partial charge in [0, 0.05) is 11.8 Å². The summed E-state index contributed by atoms with van der Waals surface area (Å²) >= 11 is 0. The summed E-state index contributed by atoms with van der Waals surface area (Å²) in [6.07, 6.45) is 4.25. The first-order chi connectivity index (χ1) is 9.57. The van der Waals surface area contributed by atoms with Crippen molar-refractivity contribution in [1.29, 1.82) is 0 Å². The van der Waals surface area contributed by atoms with Crippen LogP contribution in [0.3, 0.4) is 0 Å². The van der Waals surface area contributed by atoms with E-state index in [0.29, 0.717) is 24.4 Å². The Morgan fingerprint density at radius 1 is 1.50 bits per heavy atom. The minimum Gasteiger partial charge on any atom is -0.478 e. The van der Waals surface area contributed by atoms with Gasteiger partial charge in [-0.3, -0.25) is 0 Å². The van der Waals surface area contributed by atoms with Gasteiger partial charge in [0.05, 0.1) is 18.8 Å². The Labute approximate surface area is 120 Å². The number of hydrogen-bond donors (Lipinski definition) is 2. The average Bonchev–Trinajstić information content (AvgIpc) is 2.38. The van der Waals surface area contributed by atoms with Crippen molar-refractivity contribution in [2.75, 3.05) is 18.5 Å². The molecular formula is C15H25N3O2. The van der Waals surface area contributed by atoms with Crippen LogP contribution in [0.25, 0.3) is 0 Å². The molecular weight excluding hydrogens is 254 g/mol. The molecule has 0 radical (unpaired) electrons. The predicted molar refractivity (Wildman–Crippen MR) is 79.0 cm³/mol. The number of rotatable bonds is 5. The molecule has 0 saturated heterocycles. The zero-order chi connectivity index (χ0) is 14.6. The van der Waals surface area contributed by atoms with E-state index in [1.165, 1.54) is 6.42 Å². The van der Waals surface area contributed by atoms with Gasteiger partial charge >= 0.3 is 0 Å². The first-order valence-electron chi connectivity index (χ1n) is 7.44. The monoisotopic (exact) mass is 279 g/mol. The van der Waals surface area contributed by atoms with Gasteiger partial charge in [-0.2, -0.15) is 4.98 Å². The molecule has 0 aromatic carbocycles. The molecule has 1 aromatic heterocycles. The first-order valence-corrected chi connectivity index (χ1v) is 7.44. The van der Waals surface area contributed by atoms with Crippen LogP contribution >= 0.6 is 0 Å². The fraction of sp³-hybridized carbons (Fsp3) is 0.733. The number of ether oxygens (including phenoxy) is 1. The van der Waals surface area contributed by atoms with E-state index < -0.39 is 0 Å². The van der Waals surface area contributed by atoms with Gasteiger partial charge in [-0.1, -0.05) is 19.8 Å². The van der Waals surface area contributed by atoms with Crippen LogP contribution in [0.4, 0.5) is 5.95 Å². The molecule has 2 rings (SSSR count). The third-order valence-electron chi connectivity index (χ3n) is 3.89. The standard InChI is InChI=1S/C15H25N3O2/c1-4-20-13-8-12(3)16-14(17-13)18-15(10-19)7-5-6-11(2)9-15/h8,11,19H,4-7,9-10H2,1-3H3,(H,16,17,18). The molecule has 2 N–H and O–H groups in total. The number of hydrogen-bond acceptors (Lipinski definition) is 5. The SMILES string of the molecule is CCOc1cc(C)nc(NC2(CO)CCCC(C)C2)n1. The van der Waals surface area contributed by atoms with Crippen LogP contribution < -0.4 is 10.1 Å². The van der Waals surface area contributed by atoms with E-state index in [1.807, 2.05) is 19.9 Å². The summed E-state index contributed by atoms with van der Waals surface area (Å²) < 4.78 is 5.45. The van der Waals surface area contributed by atoms with Crippen molar-refractivity contribution in [1.82, 2.24) is 9.97 Å². The van der Waals surface area contributed by atoms with E-state index >= 15 is 0 Å². The van der Waals surface area contributed by atoms with Gasteiger partial charge in [-0.25, -0.2) is 4.98 Å². The smallest absolute Gasteiger partial charge is 0.226 e. The number of aliphatic hydroxyl groups excluding tert-OH is 1. The summed E-state index contributed by atoms with van der Waals surface area (Å²) in [5.41, 5.74) is 0.567. The van der Waals surface area contributed by atoms with Crippen molar-refractivity contribution in [2.24, 2.45) is 5.92 Å². The molecule has 5 nitrogen and oxygen atoms in total. The van der Waals surface area contributed by atoms with Crippen LogP contribution in [-0.4, -0.2) is 33.8 Å². The van der Waals surface area contributed by atoms with Crippen molar-refractivity contribution in [3.63, 3.8) is 0 Å². The van der Waals surface area contributed by atoms with Crippen molar-refractivity contribution < 1.29 is 9.84 Å². The van der Waals surface area contributed by atoms with Crippen LogP contribution in [0, 0.1) is 12.8 Å². The fourth-order valence-electron chi connectivity index (χ4n) is 3.01. The van der Waals surface area contributed by atoms with E-state index in [9.17, 15) is 5.11 Å². The Hall–Kier alpha value is -1.36. The number of aryl methyl sites for hydroxylation is 1. The Balaban J connectivity index is 2.18. The van der Waals surface area contributed by atoms with E-state index in [1.54, 1.807) is 0 Å². The molecule has 1 aliphatic rings. The lowest BCUT2D eigenvalue weighted by atomic mass is 9.77. The number of nitrogens with zero attached hydrogens (tertiary/aromatic N) is 2. The highest BCUT2D eigenvalue weighted by Crippen LogP contribution is 2.34. The molecule has 112 valence electrons. The van der Waals surface area contributed by atoms with Crippen LogP contribution in [0.5, 0.6) is 5.88 Å². The maximum atomic E-state index is 9.81. The summed E-state index contributed by atoms with van der Waals surface area (Å²) in [5, 5.41) is 13.2. The van der Waals surface area contributed by atoms with E-state index in [-0.39, 0.29) is 12.1 Å². The van der Waals surface area contributed by atoms with Crippen molar-refractivity contribution in [2.45, 2.75) is 52.0 Å². The summed E-state index contributed by atoms with van der Waals surface area (Å²) in [6.45, 7) is 6.78. The maximum absolute atomic E-state index is 9.81. The highest BCUT2D eigenvalue weighted by molar-refractivity contribution is 5.34. The van der Waals surface area contributed by atoms with Crippen molar-refractivity contribution >= 4 is 5.95 Å². The largest absolute Gasteiger partial charge is 0.478 e. The molecule has 0 amide bonds. The van der Waals surface area contributed by atoms with Crippen LogP contribution in [0.1, 0.15) is 45.2 Å². The summed E-state index contributed by atoms with van der Waals surface area (Å²) in [7, 11) is 0.